The number of hydrogen-bond donors (Lipinski definition) is 1. The summed E-state index contributed by atoms with van der Waals surface area (Å²) in [7, 11) is 0. The van der Waals surface area contributed by atoms with Gasteiger partial charge in [-0.3, -0.25) is 4.79 Å². The lowest BCUT2D eigenvalue weighted by Crippen LogP contribution is -2.27. The van der Waals surface area contributed by atoms with Gasteiger partial charge in [0.1, 0.15) is 13.2 Å². The minimum Gasteiger partial charge on any atom is -0.377 e. The van der Waals surface area contributed by atoms with Crippen LogP contribution in [0, 0.1) is 12.3 Å². The fraction of sp³-hybridized carbons (Fsp3) is 0.769. The third-order valence-corrected chi connectivity index (χ3v) is 1.91. The quantitative estimate of drug-likeness (QED) is 0.372. The Kier molecular flexibility index (Phi) is 14.0. The maximum absolute atomic E-state index is 11.0. The Morgan fingerprint density at radius 3 is 2.05 bits per heavy atom. The summed E-state index contributed by atoms with van der Waals surface area (Å²) in [6.07, 6.45) is 5.01. The summed E-state index contributed by atoms with van der Waals surface area (Å²) < 4.78 is 20.6. The van der Waals surface area contributed by atoms with E-state index in [2.05, 4.69) is 11.2 Å². The summed E-state index contributed by atoms with van der Waals surface area (Å²) in [5, 5.41) is 2.64. The molecular formula is C13H23NO5. The molecular weight excluding hydrogens is 250 g/mol. The van der Waals surface area contributed by atoms with Crippen LogP contribution in [0.25, 0.3) is 0 Å². The van der Waals surface area contributed by atoms with Crippen molar-refractivity contribution in [2.75, 3.05) is 59.4 Å². The molecule has 0 atom stereocenters. The second-order valence-electron chi connectivity index (χ2n) is 3.49. The zero-order valence-electron chi connectivity index (χ0n) is 11.5. The van der Waals surface area contributed by atoms with E-state index in [0.717, 1.165) is 0 Å². The van der Waals surface area contributed by atoms with Crippen LogP contribution in [0.5, 0.6) is 0 Å². The van der Waals surface area contributed by atoms with Crippen molar-refractivity contribution in [3.8, 4) is 12.3 Å². The van der Waals surface area contributed by atoms with Crippen LogP contribution in [0.15, 0.2) is 0 Å². The van der Waals surface area contributed by atoms with E-state index >= 15 is 0 Å². The van der Waals surface area contributed by atoms with Gasteiger partial charge in [-0.2, -0.15) is 0 Å². The van der Waals surface area contributed by atoms with Gasteiger partial charge in [0.15, 0.2) is 0 Å². The molecule has 0 aliphatic rings. The Morgan fingerprint density at radius 1 is 1.00 bits per heavy atom. The zero-order valence-corrected chi connectivity index (χ0v) is 11.5. The highest BCUT2D eigenvalue weighted by Gasteiger charge is 1.98. The molecule has 0 aromatic carbocycles. The number of likely N-dealkylation sites (N-methyl/N-ethyl adjacent to an activating group) is 1. The van der Waals surface area contributed by atoms with Crippen LogP contribution in [0.4, 0.5) is 0 Å². The van der Waals surface area contributed by atoms with Crippen LogP contribution in [0.2, 0.25) is 0 Å². The van der Waals surface area contributed by atoms with Crippen molar-refractivity contribution in [1.82, 2.24) is 5.32 Å². The Morgan fingerprint density at radius 2 is 1.53 bits per heavy atom. The van der Waals surface area contributed by atoms with Gasteiger partial charge in [0, 0.05) is 6.54 Å². The minimum absolute atomic E-state index is 0.0697. The van der Waals surface area contributed by atoms with Gasteiger partial charge in [0.2, 0.25) is 5.91 Å². The highest BCUT2D eigenvalue weighted by molar-refractivity contribution is 5.77. The van der Waals surface area contributed by atoms with E-state index in [1.807, 2.05) is 6.92 Å². The molecule has 0 saturated heterocycles. The van der Waals surface area contributed by atoms with Crippen molar-refractivity contribution in [3.05, 3.63) is 0 Å². The first-order valence-corrected chi connectivity index (χ1v) is 6.32. The van der Waals surface area contributed by atoms with Crippen molar-refractivity contribution in [3.63, 3.8) is 0 Å². The molecule has 1 N–H and O–H groups in total. The topological polar surface area (TPSA) is 66.0 Å². The first-order valence-electron chi connectivity index (χ1n) is 6.32. The highest BCUT2D eigenvalue weighted by Crippen LogP contribution is 1.82. The van der Waals surface area contributed by atoms with E-state index in [1.54, 1.807) is 0 Å². The molecule has 110 valence electrons. The van der Waals surface area contributed by atoms with E-state index in [1.165, 1.54) is 0 Å². The van der Waals surface area contributed by atoms with Crippen molar-refractivity contribution in [1.29, 1.82) is 0 Å². The summed E-state index contributed by atoms with van der Waals surface area (Å²) >= 11 is 0. The molecule has 0 aromatic heterocycles. The van der Waals surface area contributed by atoms with E-state index in [-0.39, 0.29) is 12.5 Å². The minimum atomic E-state index is -0.113. The number of carbonyl (C=O) groups is 1. The maximum atomic E-state index is 11.0. The largest absolute Gasteiger partial charge is 0.377 e. The number of hydrogen-bond acceptors (Lipinski definition) is 5. The number of terminal acetylenes is 1. The van der Waals surface area contributed by atoms with Crippen LogP contribution < -0.4 is 5.32 Å². The third-order valence-electron chi connectivity index (χ3n) is 1.91. The number of rotatable bonds is 13. The van der Waals surface area contributed by atoms with Gasteiger partial charge < -0.3 is 24.3 Å². The fourth-order valence-electron chi connectivity index (χ4n) is 1.10. The Bertz CT molecular complexity index is 252. The van der Waals surface area contributed by atoms with Crippen LogP contribution in [0.3, 0.4) is 0 Å². The molecule has 0 bridgehead atoms. The molecule has 0 aliphatic heterocycles. The van der Waals surface area contributed by atoms with E-state index < -0.39 is 0 Å². The molecule has 1 amide bonds. The monoisotopic (exact) mass is 273 g/mol. The molecule has 0 aromatic rings. The van der Waals surface area contributed by atoms with Crippen LogP contribution in [-0.4, -0.2) is 65.3 Å². The molecule has 0 fully saturated rings. The standard InChI is InChI=1S/C13H23NO5/c1-3-5-16-6-7-17-8-9-18-10-11-19-12-13(15)14-4-2/h1H,4-12H2,2H3,(H,14,15). The molecule has 0 radical (unpaired) electrons. The molecule has 0 rings (SSSR count). The van der Waals surface area contributed by atoms with Crippen molar-refractivity contribution in [2.45, 2.75) is 6.92 Å². The average Bonchev–Trinajstić information content (AvgIpc) is 2.40. The maximum Gasteiger partial charge on any atom is 0.245 e. The van der Waals surface area contributed by atoms with Gasteiger partial charge in [-0.15, -0.1) is 6.42 Å². The highest BCUT2D eigenvalue weighted by atomic mass is 16.6. The Balaban J connectivity index is 3.03. The second-order valence-corrected chi connectivity index (χ2v) is 3.49. The van der Waals surface area contributed by atoms with Crippen molar-refractivity contribution >= 4 is 5.91 Å². The SMILES string of the molecule is C#CCOCCOCCOCCOCC(=O)NCC. The lowest BCUT2D eigenvalue weighted by molar-refractivity contribution is -0.126. The summed E-state index contributed by atoms with van der Waals surface area (Å²) in [6, 6.07) is 0. The van der Waals surface area contributed by atoms with Crippen LogP contribution in [-0.2, 0) is 23.7 Å². The van der Waals surface area contributed by atoms with Gasteiger partial charge >= 0.3 is 0 Å². The molecule has 19 heavy (non-hydrogen) atoms. The summed E-state index contributed by atoms with van der Waals surface area (Å²) in [5.41, 5.74) is 0. The van der Waals surface area contributed by atoms with Crippen molar-refractivity contribution in [2.24, 2.45) is 0 Å². The Labute approximate surface area is 114 Å². The average molecular weight is 273 g/mol. The number of ether oxygens (including phenoxy) is 4. The lowest BCUT2D eigenvalue weighted by atomic mass is 10.6. The number of carbonyl (C=O) groups excluding carboxylic acids is 1. The number of amides is 1. The third kappa shape index (κ3) is 14.8. The first kappa shape index (κ1) is 17.9. The lowest BCUT2D eigenvalue weighted by Gasteiger charge is -2.06. The second kappa shape index (κ2) is 14.9. The molecule has 6 nitrogen and oxygen atoms in total. The van der Waals surface area contributed by atoms with Crippen LogP contribution in [0.1, 0.15) is 6.92 Å². The fourth-order valence-corrected chi connectivity index (χ4v) is 1.10. The Hall–Kier alpha value is -1.13. The van der Waals surface area contributed by atoms with Gasteiger partial charge in [0.05, 0.1) is 39.6 Å². The first-order chi connectivity index (χ1) is 9.31. The molecule has 0 heterocycles. The number of nitrogens with one attached hydrogen (secondary N) is 1. The van der Waals surface area contributed by atoms with E-state index in [0.29, 0.717) is 52.8 Å². The summed E-state index contributed by atoms with van der Waals surface area (Å²) in [5.74, 6) is 2.26. The van der Waals surface area contributed by atoms with Gasteiger partial charge in [-0.25, -0.2) is 0 Å². The smallest absolute Gasteiger partial charge is 0.245 e. The van der Waals surface area contributed by atoms with Gasteiger partial charge in [-0.1, -0.05) is 5.92 Å². The summed E-state index contributed by atoms with van der Waals surface area (Å²) in [4.78, 5) is 11.0. The molecule has 0 unspecified atom stereocenters. The van der Waals surface area contributed by atoms with Gasteiger partial charge in [-0.05, 0) is 6.92 Å². The van der Waals surface area contributed by atoms with E-state index in [9.17, 15) is 4.79 Å². The predicted molar refractivity (Wildman–Crippen MR) is 70.8 cm³/mol. The van der Waals surface area contributed by atoms with Crippen molar-refractivity contribution < 1.29 is 23.7 Å². The normalized spacial score (nSPS) is 10.1. The zero-order chi connectivity index (χ0) is 14.2. The molecule has 0 saturated carbocycles. The molecule has 0 aliphatic carbocycles. The molecule has 6 heteroatoms. The predicted octanol–water partition coefficient (Wildman–Crippen LogP) is -0.178. The summed E-state index contributed by atoms with van der Waals surface area (Å²) in [6.45, 7) is 5.65. The van der Waals surface area contributed by atoms with E-state index in [4.69, 9.17) is 25.4 Å². The van der Waals surface area contributed by atoms with Gasteiger partial charge in [0.25, 0.3) is 0 Å². The van der Waals surface area contributed by atoms with Crippen LogP contribution >= 0.6 is 0 Å². The molecule has 0 spiro atoms.